The minimum absolute atomic E-state index is 0.0202. The highest BCUT2D eigenvalue weighted by Gasteiger charge is 2.30. The highest BCUT2D eigenvalue weighted by Crippen LogP contribution is 2.12. The molecule has 0 aromatic rings. The number of hydrogen-bond acceptors (Lipinski definition) is 5. The van der Waals surface area contributed by atoms with Gasteiger partial charge < -0.3 is 20.5 Å². The van der Waals surface area contributed by atoms with Gasteiger partial charge in [-0.05, 0) is 13.8 Å². The van der Waals surface area contributed by atoms with E-state index in [4.69, 9.17) is 9.84 Å². The van der Waals surface area contributed by atoms with Crippen molar-refractivity contribution in [2.45, 2.75) is 18.6 Å². The number of ether oxygens (including phenoxy) is 1. The van der Waals surface area contributed by atoms with Crippen LogP contribution >= 0.6 is 0 Å². The molecule has 0 heterocycles. The molecule has 0 saturated heterocycles. The maximum absolute atomic E-state index is 11.4. The lowest BCUT2D eigenvalue weighted by molar-refractivity contribution is -0.142. The summed E-state index contributed by atoms with van der Waals surface area (Å²) in [7, 11) is -3.27. The van der Waals surface area contributed by atoms with Crippen LogP contribution in [0.2, 0.25) is 0 Å². The van der Waals surface area contributed by atoms with Crippen LogP contribution in [0.5, 0.6) is 0 Å². The topological polar surface area (TPSA) is 122 Å². The molecule has 112 valence electrons. The predicted octanol–water partition coefficient (Wildman–Crippen LogP) is -0.790. The van der Waals surface area contributed by atoms with Gasteiger partial charge in [-0.3, -0.25) is 0 Å². The molecule has 2 amide bonds. The Balaban J connectivity index is 3.86. The first kappa shape index (κ1) is 17.6. The Labute approximate surface area is 112 Å². The standard InChI is InChI=1S/C10H20N2O6S/c1-10(2,19(3,16)17)7-12-9(15)11-4-5-18-6-8(13)14/h4-7H2,1-3H3,(H,13,14)(H2,11,12,15). The molecular formula is C10H20N2O6S. The van der Waals surface area contributed by atoms with Gasteiger partial charge in [0.1, 0.15) is 6.61 Å². The van der Waals surface area contributed by atoms with Crippen LogP contribution in [0.25, 0.3) is 0 Å². The van der Waals surface area contributed by atoms with Gasteiger partial charge in [0.05, 0.1) is 11.4 Å². The average Bonchev–Trinajstić information content (AvgIpc) is 2.24. The third-order valence-electron chi connectivity index (χ3n) is 2.44. The maximum Gasteiger partial charge on any atom is 0.329 e. The Morgan fingerprint density at radius 3 is 2.32 bits per heavy atom. The van der Waals surface area contributed by atoms with E-state index < -0.39 is 33.2 Å². The summed E-state index contributed by atoms with van der Waals surface area (Å²) in [5, 5.41) is 13.1. The number of carboxylic acids is 1. The van der Waals surface area contributed by atoms with E-state index in [0.29, 0.717) is 0 Å². The number of carbonyl (C=O) groups is 2. The number of aliphatic carboxylic acids is 1. The summed E-state index contributed by atoms with van der Waals surface area (Å²) in [5.41, 5.74) is 0. The van der Waals surface area contributed by atoms with Gasteiger partial charge in [0, 0.05) is 19.3 Å². The molecule has 0 aromatic carbocycles. The molecule has 0 rings (SSSR count). The summed E-state index contributed by atoms with van der Waals surface area (Å²) < 4.78 is 26.4. The molecule has 8 nitrogen and oxygen atoms in total. The summed E-state index contributed by atoms with van der Waals surface area (Å²) in [4.78, 5) is 21.4. The summed E-state index contributed by atoms with van der Waals surface area (Å²) in [6.45, 7) is 2.78. The van der Waals surface area contributed by atoms with E-state index in [2.05, 4.69) is 10.6 Å². The molecule has 0 fully saturated rings. The van der Waals surface area contributed by atoms with Crippen molar-refractivity contribution in [3.63, 3.8) is 0 Å². The van der Waals surface area contributed by atoms with Crippen molar-refractivity contribution in [3.05, 3.63) is 0 Å². The van der Waals surface area contributed by atoms with Crippen LogP contribution in [0.1, 0.15) is 13.8 Å². The second-order valence-corrected chi connectivity index (χ2v) is 7.24. The molecule has 0 aliphatic carbocycles. The Hall–Kier alpha value is -1.35. The molecule has 0 bridgehead atoms. The van der Waals surface area contributed by atoms with Crippen LogP contribution in [0, 0.1) is 0 Å². The molecular weight excluding hydrogens is 276 g/mol. The van der Waals surface area contributed by atoms with Gasteiger partial charge in [-0.2, -0.15) is 0 Å². The third kappa shape index (κ3) is 7.62. The van der Waals surface area contributed by atoms with Crippen molar-refractivity contribution in [1.82, 2.24) is 10.6 Å². The molecule has 0 unspecified atom stereocenters. The number of amides is 2. The molecule has 0 atom stereocenters. The van der Waals surface area contributed by atoms with E-state index in [0.717, 1.165) is 6.26 Å². The molecule has 0 aliphatic rings. The minimum atomic E-state index is -3.27. The van der Waals surface area contributed by atoms with E-state index in [1.54, 1.807) is 0 Å². The Kier molecular flexibility index (Phi) is 6.77. The van der Waals surface area contributed by atoms with Crippen LogP contribution < -0.4 is 10.6 Å². The van der Waals surface area contributed by atoms with Crippen LogP contribution in [0.3, 0.4) is 0 Å². The van der Waals surface area contributed by atoms with Crippen LogP contribution in [0.4, 0.5) is 4.79 Å². The van der Waals surface area contributed by atoms with Gasteiger partial charge in [0.2, 0.25) is 0 Å². The summed E-state index contributed by atoms with van der Waals surface area (Å²) in [6, 6.07) is -0.532. The fourth-order valence-electron chi connectivity index (χ4n) is 0.883. The molecule has 0 spiro atoms. The zero-order valence-corrected chi connectivity index (χ0v) is 12.0. The first-order chi connectivity index (χ1) is 8.56. The number of urea groups is 1. The number of sulfone groups is 1. The fourth-order valence-corrected chi connectivity index (χ4v) is 1.22. The maximum atomic E-state index is 11.4. The van der Waals surface area contributed by atoms with Crippen LogP contribution in [-0.4, -0.2) is 62.8 Å². The SMILES string of the molecule is CC(C)(CNC(=O)NCCOCC(=O)O)S(C)(=O)=O. The second-order valence-electron chi connectivity index (χ2n) is 4.59. The van der Waals surface area contributed by atoms with E-state index in [1.807, 2.05) is 0 Å². The van der Waals surface area contributed by atoms with Gasteiger partial charge in [-0.1, -0.05) is 0 Å². The molecule has 0 aliphatic heterocycles. The Morgan fingerprint density at radius 2 is 1.84 bits per heavy atom. The molecule has 9 heteroatoms. The quantitative estimate of drug-likeness (QED) is 0.505. The van der Waals surface area contributed by atoms with Gasteiger partial charge in [0.15, 0.2) is 9.84 Å². The van der Waals surface area contributed by atoms with E-state index in [-0.39, 0.29) is 19.7 Å². The van der Waals surface area contributed by atoms with Gasteiger partial charge in [-0.25, -0.2) is 18.0 Å². The van der Waals surface area contributed by atoms with Crippen molar-refractivity contribution in [1.29, 1.82) is 0 Å². The lowest BCUT2D eigenvalue weighted by Gasteiger charge is -2.22. The molecule has 0 saturated carbocycles. The van der Waals surface area contributed by atoms with Crippen molar-refractivity contribution < 1.29 is 27.9 Å². The number of carbonyl (C=O) groups excluding carboxylic acids is 1. The Morgan fingerprint density at radius 1 is 1.26 bits per heavy atom. The van der Waals surface area contributed by atoms with E-state index >= 15 is 0 Å². The first-order valence-corrected chi connectivity index (χ1v) is 7.46. The molecule has 0 aromatic heterocycles. The van der Waals surface area contributed by atoms with Crippen molar-refractivity contribution in [2.24, 2.45) is 0 Å². The smallest absolute Gasteiger partial charge is 0.329 e. The molecule has 3 N–H and O–H groups in total. The largest absolute Gasteiger partial charge is 0.480 e. The van der Waals surface area contributed by atoms with E-state index in [9.17, 15) is 18.0 Å². The lowest BCUT2D eigenvalue weighted by atomic mass is 10.2. The number of nitrogens with one attached hydrogen (secondary N) is 2. The average molecular weight is 296 g/mol. The number of hydrogen-bond donors (Lipinski definition) is 3. The zero-order valence-electron chi connectivity index (χ0n) is 11.2. The second kappa shape index (κ2) is 7.29. The summed E-state index contributed by atoms with van der Waals surface area (Å²) >= 11 is 0. The van der Waals surface area contributed by atoms with Crippen LogP contribution in [0.15, 0.2) is 0 Å². The van der Waals surface area contributed by atoms with Gasteiger partial charge in [0.25, 0.3) is 0 Å². The third-order valence-corrected chi connectivity index (χ3v) is 4.59. The predicted molar refractivity (Wildman–Crippen MR) is 68.8 cm³/mol. The minimum Gasteiger partial charge on any atom is -0.480 e. The highest BCUT2D eigenvalue weighted by atomic mass is 32.2. The molecule has 0 radical (unpaired) electrons. The Bertz CT molecular complexity index is 418. The summed E-state index contributed by atoms with van der Waals surface area (Å²) in [6.07, 6.45) is 1.10. The normalized spacial score (nSPS) is 11.9. The highest BCUT2D eigenvalue weighted by molar-refractivity contribution is 7.92. The van der Waals surface area contributed by atoms with Gasteiger partial charge >= 0.3 is 12.0 Å². The number of carboxylic acid groups (broad SMARTS) is 1. The number of rotatable bonds is 8. The van der Waals surface area contributed by atoms with E-state index in [1.165, 1.54) is 13.8 Å². The van der Waals surface area contributed by atoms with Crippen LogP contribution in [-0.2, 0) is 19.4 Å². The fraction of sp³-hybridized carbons (Fsp3) is 0.800. The van der Waals surface area contributed by atoms with Crippen molar-refractivity contribution in [2.75, 3.05) is 32.6 Å². The first-order valence-electron chi connectivity index (χ1n) is 5.57. The summed E-state index contributed by atoms with van der Waals surface area (Å²) in [5.74, 6) is -1.08. The van der Waals surface area contributed by atoms with Gasteiger partial charge in [-0.15, -0.1) is 0 Å². The van der Waals surface area contributed by atoms with Crippen molar-refractivity contribution >= 4 is 21.8 Å². The molecule has 19 heavy (non-hydrogen) atoms. The monoisotopic (exact) mass is 296 g/mol. The lowest BCUT2D eigenvalue weighted by Crippen LogP contribution is -2.47. The zero-order chi connectivity index (χ0) is 15.1. The van der Waals surface area contributed by atoms with Crippen molar-refractivity contribution in [3.8, 4) is 0 Å².